The number of rotatable bonds is 6. The third-order valence-corrected chi connectivity index (χ3v) is 5.46. The quantitative estimate of drug-likeness (QED) is 0.801. The summed E-state index contributed by atoms with van der Waals surface area (Å²) in [5, 5.41) is 1.94. The van der Waals surface area contributed by atoms with Gasteiger partial charge in [0.15, 0.2) is 0 Å². The number of hydrogen-bond donors (Lipinski definition) is 0. The van der Waals surface area contributed by atoms with Gasteiger partial charge in [0.05, 0.1) is 12.4 Å². The Labute approximate surface area is 108 Å². The highest BCUT2D eigenvalue weighted by molar-refractivity contribution is 9.10. The molecule has 0 aliphatic carbocycles. The maximum atomic E-state index is 11.7. The Morgan fingerprint density at radius 3 is 2.75 bits per heavy atom. The van der Waals surface area contributed by atoms with E-state index in [0.717, 1.165) is 9.35 Å². The normalized spacial score (nSPS) is 12.2. The third-order valence-electron chi connectivity index (χ3n) is 2.02. The molecule has 0 radical (unpaired) electrons. The van der Waals surface area contributed by atoms with Gasteiger partial charge in [0, 0.05) is 35.4 Å². The Hall–Kier alpha value is 0.0500. The molecule has 0 aliphatic heterocycles. The molecule has 0 saturated carbocycles. The summed E-state index contributed by atoms with van der Waals surface area (Å²) >= 11 is 4.87. The first-order valence-corrected chi connectivity index (χ1v) is 7.90. The lowest BCUT2D eigenvalue weighted by atomic mass is 10.5. The van der Waals surface area contributed by atoms with Crippen LogP contribution in [0.1, 0.15) is 4.88 Å². The first-order chi connectivity index (χ1) is 7.45. The molecule has 1 aromatic heterocycles. The second-order valence-corrected chi connectivity index (χ2v) is 7.40. The predicted octanol–water partition coefficient (Wildman–Crippen LogP) is 1.92. The van der Waals surface area contributed by atoms with Crippen LogP contribution >= 0.6 is 27.3 Å². The zero-order valence-electron chi connectivity index (χ0n) is 9.14. The molecule has 0 amide bonds. The largest absolute Gasteiger partial charge is 0.384 e. The second kappa shape index (κ2) is 6.11. The average molecular weight is 328 g/mol. The first-order valence-electron chi connectivity index (χ1n) is 4.61. The molecule has 0 bridgehead atoms. The van der Waals surface area contributed by atoms with Gasteiger partial charge in [0.2, 0.25) is 10.0 Å². The van der Waals surface area contributed by atoms with Crippen LogP contribution in [0.5, 0.6) is 0 Å². The molecule has 1 rings (SSSR count). The van der Waals surface area contributed by atoms with Gasteiger partial charge in [-0.3, -0.25) is 0 Å². The Bertz CT molecular complexity index is 430. The molecule has 16 heavy (non-hydrogen) atoms. The third kappa shape index (κ3) is 4.14. The number of sulfonamides is 1. The monoisotopic (exact) mass is 327 g/mol. The van der Waals surface area contributed by atoms with Gasteiger partial charge < -0.3 is 4.74 Å². The summed E-state index contributed by atoms with van der Waals surface area (Å²) in [5.41, 5.74) is 0. The van der Waals surface area contributed by atoms with E-state index < -0.39 is 10.0 Å². The average Bonchev–Trinajstić information content (AvgIpc) is 2.61. The van der Waals surface area contributed by atoms with Crippen molar-refractivity contribution in [3.05, 3.63) is 20.8 Å². The number of halogens is 1. The summed E-state index contributed by atoms with van der Waals surface area (Å²) in [5.74, 6) is 0.0204. The van der Waals surface area contributed by atoms with Gasteiger partial charge in [-0.25, -0.2) is 8.42 Å². The Balaban J connectivity index is 2.61. The molecule has 4 nitrogen and oxygen atoms in total. The highest BCUT2D eigenvalue weighted by Gasteiger charge is 2.18. The molecule has 0 fully saturated rings. The lowest BCUT2D eigenvalue weighted by molar-refractivity contribution is 0.215. The van der Waals surface area contributed by atoms with E-state index in [2.05, 4.69) is 15.9 Å². The van der Waals surface area contributed by atoms with E-state index in [9.17, 15) is 8.42 Å². The smallest absolute Gasteiger partial charge is 0.216 e. The van der Waals surface area contributed by atoms with Crippen molar-refractivity contribution in [2.24, 2.45) is 0 Å². The highest BCUT2D eigenvalue weighted by atomic mass is 79.9. The summed E-state index contributed by atoms with van der Waals surface area (Å²) in [6.45, 7) is 0.628. The van der Waals surface area contributed by atoms with Crippen molar-refractivity contribution in [1.82, 2.24) is 4.31 Å². The van der Waals surface area contributed by atoms with Crippen LogP contribution in [-0.4, -0.2) is 39.2 Å². The summed E-state index contributed by atoms with van der Waals surface area (Å²) in [6, 6.07) is 1.92. The van der Waals surface area contributed by atoms with Gasteiger partial charge in [0.25, 0.3) is 0 Å². The van der Waals surface area contributed by atoms with E-state index in [0.29, 0.717) is 6.54 Å². The van der Waals surface area contributed by atoms with Crippen LogP contribution in [0.4, 0.5) is 0 Å². The number of thiophene rings is 1. The molecule has 0 spiro atoms. The van der Waals surface area contributed by atoms with Gasteiger partial charge in [-0.05, 0) is 22.0 Å². The molecule has 92 valence electrons. The van der Waals surface area contributed by atoms with Gasteiger partial charge in [0.1, 0.15) is 0 Å². The molecule has 0 saturated heterocycles. The van der Waals surface area contributed by atoms with Crippen LogP contribution in [0.15, 0.2) is 15.9 Å². The predicted molar refractivity (Wildman–Crippen MR) is 69.1 cm³/mol. The number of nitrogens with zero attached hydrogens (tertiary/aromatic N) is 1. The second-order valence-electron chi connectivity index (χ2n) is 3.30. The summed E-state index contributed by atoms with van der Waals surface area (Å²) in [4.78, 5) is 1.01. The summed E-state index contributed by atoms with van der Waals surface area (Å²) in [6.07, 6.45) is 0. The maximum absolute atomic E-state index is 11.7. The Morgan fingerprint density at radius 1 is 1.56 bits per heavy atom. The molecule has 0 aliphatic rings. The van der Waals surface area contributed by atoms with E-state index in [-0.39, 0.29) is 12.4 Å². The van der Waals surface area contributed by atoms with E-state index in [4.69, 9.17) is 4.74 Å². The van der Waals surface area contributed by atoms with E-state index in [1.54, 1.807) is 7.05 Å². The van der Waals surface area contributed by atoms with Crippen LogP contribution in [-0.2, 0) is 21.3 Å². The first kappa shape index (κ1) is 14.1. The molecule has 1 aromatic rings. The minimum Gasteiger partial charge on any atom is -0.384 e. The molecule has 0 atom stereocenters. The molecule has 1 heterocycles. The topological polar surface area (TPSA) is 46.6 Å². The van der Waals surface area contributed by atoms with Crippen molar-refractivity contribution >= 4 is 37.3 Å². The number of methoxy groups -OCH3 is 1. The zero-order chi connectivity index (χ0) is 12.2. The minimum atomic E-state index is -3.21. The summed E-state index contributed by atoms with van der Waals surface area (Å²) in [7, 11) is -0.138. The standard InChI is InChI=1S/C9H14BrNO3S2/c1-11(16(12,13)4-3-14-2)6-9-5-8(10)7-15-9/h5,7H,3-4,6H2,1-2H3. The van der Waals surface area contributed by atoms with E-state index >= 15 is 0 Å². The Kier molecular flexibility index (Phi) is 5.39. The molecule has 0 unspecified atom stereocenters. The van der Waals surface area contributed by atoms with Gasteiger partial charge in [-0.15, -0.1) is 11.3 Å². The molecule has 0 N–H and O–H groups in total. The zero-order valence-corrected chi connectivity index (χ0v) is 12.4. The molecular weight excluding hydrogens is 314 g/mol. The van der Waals surface area contributed by atoms with Crippen molar-refractivity contribution in [2.45, 2.75) is 6.54 Å². The van der Waals surface area contributed by atoms with Crippen LogP contribution < -0.4 is 0 Å². The maximum Gasteiger partial charge on any atom is 0.216 e. The SMILES string of the molecule is COCCS(=O)(=O)N(C)Cc1cc(Br)cs1. The van der Waals surface area contributed by atoms with Crippen molar-refractivity contribution in [1.29, 1.82) is 0 Å². The van der Waals surface area contributed by atoms with Crippen LogP contribution in [0.2, 0.25) is 0 Å². The van der Waals surface area contributed by atoms with Crippen LogP contribution in [0.25, 0.3) is 0 Å². The van der Waals surface area contributed by atoms with Crippen molar-refractivity contribution in [3.8, 4) is 0 Å². The van der Waals surface area contributed by atoms with Crippen molar-refractivity contribution < 1.29 is 13.2 Å². The van der Waals surface area contributed by atoms with E-state index in [1.165, 1.54) is 22.8 Å². The van der Waals surface area contributed by atoms with Crippen LogP contribution in [0.3, 0.4) is 0 Å². The lowest BCUT2D eigenvalue weighted by Gasteiger charge is -2.15. The van der Waals surface area contributed by atoms with Gasteiger partial charge in [-0.2, -0.15) is 4.31 Å². The van der Waals surface area contributed by atoms with Crippen molar-refractivity contribution in [2.75, 3.05) is 26.5 Å². The number of hydrogen-bond acceptors (Lipinski definition) is 4. The molecular formula is C9H14BrNO3S2. The lowest BCUT2D eigenvalue weighted by Crippen LogP contribution is -2.30. The van der Waals surface area contributed by atoms with Gasteiger partial charge in [-0.1, -0.05) is 0 Å². The fourth-order valence-electron chi connectivity index (χ4n) is 1.10. The summed E-state index contributed by atoms with van der Waals surface area (Å²) < 4.78 is 30.6. The van der Waals surface area contributed by atoms with Crippen LogP contribution in [0, 0.1) is 0 Å². The highest BCUT2D eigenvalue weighted by Crippen LogP contribution is 2.21. The van der Waals surface area contributed by atoms with E-state index in [1.807, 2.05) is 11.4 Å². The Morgan fingerprint density at radius 2 is 2.25 bits per heavy atom. The molecule has 0 aromatic carbocycles. The van der Waals surface area contributed by atoms with Gasteiger partial charge >= 0.3 is 0 Å². The fourth-order valence-corrected chi connectivity index (χ4v) is 3.71. The van der Waals surface area contributed by atoms with Crippen molar-refractivity contribution in [3.63, 3.8) is 0 Å². The minimum absolute atomic E-state index is 0.0204. The fraction of sp³-hybridized carbons (Fsp3) is 0.556. The number of ether oxygens (including phenoxy) is 1. The molecule has 7 heteroatoms.